The van der Waals surface area contributed by atoms with Crippen molar-refractivity contribution in [2.75, 3.05) is 6.54 Å². The minimum Gasteiger partial charge on any atom is -0.308 e. The quantitative estimate of drug-likeness (QED) is 0.731. The second-order valence-electron chi connectivity index (χ2n) is 4.95. The van der Waals surface area contributed by atoms with Gasteiger partial charge in [-0.2, -0.15) is 0 Å². The molecule has 1 aromatic heterocycles. The third-order valence-corrected chi connectivity index (χ3v) is 5.15. The first kappa shape index (κ1) is 11.0. The molecule has 0 saturated carbocycles. The Kier molecular flexibility index (Phi) is 2.47. The van der Waals surface area contributed by atoms with Gasteiger partial charge < -0.3 is 5.32 Å². The maximum Gasteiger partial charge on any atom is 0.111 e. The fourth-order valence-electron chi connectivity index (χ4n) is 2.86. The molecular weight excluding hydrogens is 264 g/mol. The number of benzene rings is 1. The van der Waals surface area contributed by atoms with E-state index < -0.39 is 0 Å². The highest BCUT2D eigenvalue weighted by molar-refractivity contribution is 7.12. The summed E-state index contributed by atoms with van der Waals surface area (Å²) in [4.78, 5) is 6.26. The van der Waals surface area contributed by atoms with Crippen LogP contribution in [0.2, 0.25) is 5.02 Å². The number of halogens is 1. The highest BCUT2D eigenvalue weighted by atomic mass is 35.5. The third-order valence-electron chi connectivity index (χ3n) is 3.75. The van der Waals surface area contributed by atoms with Gasteiger partial charge in [0.05, 0.1) is 11.7 Å². The summed E-state index contributed by atoms with van der Waals surface area (Å²) in [5, 5.41) is 5.60. The Hall–Kier alpha value is -0.900. The topological polar surface area (TPSA) is 24.9 Å². The van der Waals surface area contributed by atoms with Gasteiger partial charge in [0, 0.05) is 21.9 Å². The molecule has 0 spiro atoms. The van der Waals surface area contributed by atoms with E-state index in [9.17, 15) is 0 Å². The Balaban J connectivity index is 1.76. The van der Waals surface area contributed by atoms with Crippen LogP contribution >= 0.6 is 22.9 Å². The van der Waals surface area contributed by atoms with Crippen LogP contribution in [0.1, 0.15) is 34.3 Å². The molecule has 4 heteroatoms. The van der Waals surface area contributed by atoms with Crippen molar-refractivity contribution < 1.29 is 0 Å². The fraction of sp³-hybridized carbons (Fsp3) is 0.357. The van der Waals surface area contributed by atoms with Gasteiger partial charge in [-0.15, -0.1) is 11.3 Å². The van der Waals surface area contributed by atoms with Crippen molar-refractivity contribution in [3.63, 3.8) is 0 Å². The van der Waals surface area contributed by atoms with Gasteiger partial charge in [0.2, 0.25) is 0 Å². The van der Waals surface area contributed by atoms with Gasteiger partial charge in [0.1, 0.15) is 5.01 Å². The van der Waals surface area contributed by atoms with Crippen LogP contribution in [0.4, 0.5) is 0 Å². The normalized spacial score (nSPS) is 21.1. The number of hydrogen-bond donors (Lipinski definition) is 1. The van der Waals surface area contributed by atoms with Gasteiger partial charge in [-0.25, -0.2) is 4.98 Å². The molecule has 4 rings (SSSR count). The first-order valence-electron chi connectivity index (χ1n) is 6.33. The van der Waals surface area contributed by atoms with E-state index in [1.165, 1.54) is 39.5 Å². The largest absolute Gasteiger partial charge is 0.308 e. The minimum atomic E-state index is 0.483. The maximum absolute atomic E-state index is 6.04. The third kappa shape index (κ3) is 1.62. The Labute approximate surface area is 115 Å². The second-order valence-corrected chi connectivity index (χ2v) is 6.50. The number of rotatable bonds is 1. The van der Waals surface area contributed by atoms with Crippen molar-refractivity contribution in [2.24, 2.45) is 0 Å². The smallest absolute Gasteiger partial charge is 0.111 e. The first-order chi connectivity index (χ1) is 8.81. The SMILES string of the molecule is Clc1ccc2c(c1)Cc1sc(C3CCCN3)nc1-2. The fourth-order valence-corrected chi connectivity index (χ4v) is 4.26. The molecule has 0 radical (unpaired) electrons. The molecule has 1 aromatic carbocycles. The summed E-state index contributed by atoms with van der Waals surface area (Å²) in [5.41, 5.74) is 3.78. The molecule has 2 nitrogen and oxygen atoms in total. The number of fused-ring (bicyclic) bond motifs is 3. The molecule has 1 unspecified atom stereocenters. The highest BCUT2D eigenvalue weighted by Gasteiger charge is 2.27. The molecule has 1 saturated heterocycles. The Morgan fingerprint density at radius 1 is 1.39 bits per heavy atom. The molecule has 1 fully saturated rings. The Morgan fingerprint density at radius 2 is 2.33 bits per heavy atom. The number of aromatic nitrogens is 1. The summed E-state index contributed by atoms with van der Waals surface area (Å²) in [6, 6.07) is 6.62. The zero-order valence-corrected chi connectivity index (χ0v) is 11.4. The van der Waals surface area contributed by atoms with Gasteiger partial charge in [-0.05, 0) is 37.1 Å². The van der Waals surface area contributed by atoms with E-state index in [1.807, 2.05) is 17.4 Å². The molecule has 1 N–H and O–H groups in total. The van der Waals surface area contributed by atoms with E-state index in [4.69, 9.17) is 16.6 Å². The van der Waals surface area contributed by atoms with Crippen LogP contribution in [-0.2, 0) is 6.42 Å². The molecule has 0 amide bonds. The number of thiazole rings is 1. The summed E-state index contributed by atoms with van der Waals surface area (Å²) in [5.74, 6) is 0. The van der Waals surface area contributed by atoms with Crippen LogP contribution in [-0.4, -0.2) is 11.5 Å². The Bertz CT molecular complexity index is 614. The standard InChI is InChI=1S/C14H13ClN2S/c15-9-3-4-10-8(6-9)7-12-13(10)17-14(18-12)11-2-1-5-16-11/h3-4,6,11,16H,1-2,5,7H2. The molecule has 92 valence electrons. The average Bonchev–Trinajstić information content (AvgIpc) is 3.01. The summed E-state index contributed by atoms with van der Waals surface area (Å²) in [6.45, 7) is 1.13. The van der Waals surface area contributed by atoms with Gasteiger partial charge in [0.15, 0.2) is 0 Å². The van der Waals surface area contributed by atoms with Crippen LogP contribution < -0.4 is 5.32 Å². The van der Waals surface area contributed by atoms with Gasteiger partial charge in [-0.1, -0.05) is 17.7 Å². The number of nitrogens with one attached hydrogen (secondary N) is 1. The van der Waals surface area contributed by atoms with Gasteiger partial charge in [0.25, 0.3) is 0 Å². The number of hydrogen-bond acceptors (Lipinski definition) is 3. The lowest BCUT2D eigenvalue weighted by molar-refractivity contribution is 0.643. The van der Waals surface area contributed by atoms with Crippen LogP contribution in [0.15, 0.2) is 18.2 Å². The second kappa shape index (κ2) is 4.05. The van der Waals surface area contributed by atoms with Crippen molar-refractivity contribution in [1.29, 1.82) is 0 Å². The molecule has 2 aliphatic rings. The molecule has 18 heavy (non-hydrogen) atoms. The van der Waals surface area contributed by atoms with Crippen molar-refractivity contribution in [3.8, 4) is 11.3 Å². The lowest BCUT2D eigenvalue weighted by Gasteiger charge is -2.05. The molecule has 2 heterocycles. The van der Waals surface area contributed by atoms with Crippen LogP contribution in [0.5, 0.6) is 0 Å². The van der Waals surface area contributed by atoms with Crippen LogP contribution in [0.25, 0.3) is 11.3 Å². The van der Waals surface area contributed by atoms with Crippen molar-refractivity contribution in [3.05, 3.63) is 38.7 Å². The van der Waals surface area contributed by atoms with E-state index in [0.717, 1.165) is 18.0 Å². The van der Waals surface area contributed by atoms with Crippen molar-refractivity contribution in [1.82, 2.24) is 10.3 Å². The van der Waals surface area contributed by atoms with E-state index in [0.29, 0.717) is 6.04 Å². The monoisotopic (exact) mass is 276 g/mol. The van der Waals surface area contributed by atoms with Crippen molar-refractivity contribution >= 4 is 22.9 Å². The predicted molar refractivity (Wildman–Crippen MR) is 75.3 cm³/mol. The minimum absolute atomic E-state index is 0.483. The van der Waals surface area contributed by atoms with Crippen molar-refractivity contribution in [2.45, 2.75) is 25.3 Å². The summed E-state index contributed by atoms with van der Waals surface area (Å²) >= 11 is 7.91. The van der Waals surface area contributed by atoms with Gasteiger partial charge in [-0.3, -0.25) is 0 Å². The van der Waals surface area contributed by atoms with E-state index in [-0.39, 0.29) is 0 Å². The average molecular weight is 277 g/mol. The van der Waals surface area contributed by atoms with Crippen LogP contribution in [0.3, 0.4) is 0 Å². The molecule has 1 atom stereocenters. The highest BCUT2D eigenvalue weighted by Crippen LogP contribution is 2.42. The van der Waals surface area contributed by atoms with Crippen LogP contribution in [0, 0.1) is 0 Å². The maximum atomic E-state index is 6.04. The number of nitrogens with zero attached hydrogens (tertiary/aromatic N) is 1. The predicted octanol–water partition coefficient (Wildman–Crippen LogP) is 3.79. The molecule has 2 aromatic rings. The molecule has 1 aliphatic heterocycles. The van der Waals surface area contributed by atoms with E-state index >= 15 is 0 Å². The summed E-state index contributed by atoms with van der Waals surface area (Å²) in [7, 11) is 0. The lowest BCUT2D eigenvalue weighted by Crippen LogP contribution is -2.12. The molecule has 0 bridgehead atoms. The van der Waals surface area contributed by atoms with E-state index in [2.05, 4.69) is 17.4 Å². The summed E-state index contributed by atoms with van der Waals surface area (Å²) in [6.07, 6.45) is 3.48. The van der Waals surface area contributed by atoms with E-state index in [1.54, 1.807) is 0 Å². The first-order valence-corrected chi connectivity index (χ1v) is 7.52. The summed E-state index contributed by atoms with van der Waals surface area (Å²) < 4.78 is 0. The Morgan fingerprint density at radius 3 is 3.17 bits per heavy atom. The molecular formula is C14H13ClN2S. The molecule has 1 aliphatic carbocycles. The van der Waals surface area contributed by atoms with Gasteiger partial charge >= 0.3 is 0 Å². The lowest BCUT2D eigenvalue weighted by atomic mass is 10.1. The zero-order chi connectivity index (χ0) is 12.1. The zero-order valence-electron chi connectivity index (χ0n) is 9.87.